The smallest absolute Gasteiger partial charge is 0.256 e. The summed E-state index contributed by atoms with van der Waals surface area (Å²) in [6.07, 6.45) is 3.14. The number of nitrogens with one attached hydrogen (secondary N) is 1. The number of carbonyl (C=O) groups is 1. The number of pyridine rings is 1. The Morgan fingerprint density at radius 3 is 3.00 bits per heavy atom. The number of hydrazine groups is 1. The number of amides is 1. The molecule has 0 bridgehead atoms. The summed E-state index contributed by atoms with van der Waals surface area (Å²) in [6.45, 7) is 3.21. The van der Waals surface area contributed by atoms with Gasteiger partial charge >= 0.3 is 0 Å². The SMILES string of the molecule is CCN(Cc1cccs1)C(=O)c1ccncc1NN. The summed E-state index contributed by atoms with van der Waals surface area (Å²) in [5.41, 5.74) is 3.58. The minimum absolute atomic E-state index is 0.0498. The topological polar surface area (TPSA) is 71.2 Å². The zero-order valence-electron chi connectivity index (χ0n) is 10.7. The van der Waals surface area contributed by atoms with Crippen LogP contribution in [0.1, 0.15) is 22.2 Å². The summed E-state index contributed by atoms with van der Waals surface area (Å²) in [6, 6.07) is 5.68. The van der Waals surface area contributed by atoms with Gasteiger partial charge in [-0.05, 0) is 24.4 Å². The van der Waals surface area contributed by atoms with Crippen LogP contribution in [-0.2, 0) is 6.54 Å². The van der Waals surface area contributed by atoms with Crippen LogP contribution in [0.3, 0.4) is 0 Å². The number of nitrogens with zero attached hydrogens (tertiary/aromatic N) is 2. The van der Waals surface area contributed by atoms with Gasteiger partial charge in [0.15, 0.2) is 0 Å². The predicted octanol–water partition coefficient (Wildman–Crippen LogP) is 2.09. The first-order valence-corrected chi connectivity index (χ1v) is 6.86. The van der Waals surface area contributed by atoms with Crippen molar-refractivity contribution in [2.24, 2.45) is 5.84 Å². The molecule has 2 rings (SSSR count). The zero-order chi connectivity index (χ0) is 13.7. The van der Waals surface area contributed by atoms with Crippen LogP contribution in [0.4, 0.5) is 5.69 Å². The summed E-state index contributed by atoms with van der Waals surface area (Å²) in [4.78, 5) is 19.4. The fourth-order valence-corrected chi connectivity index (χ4v) is 2.50. The molecule has 2 aromatic rings. The van der Waals surface area contributed by atoms with E-state index in [-0.39, 0.29) is 5.91 Å². The molecule has 2 heterocycles. The molecule has 1 amide bonds. The number of aromatic nitrogens is 1. The van der Waals surface area contributed by atoms with Gasteiger partial charge in [0.1, 0.15) is 0 Å². The van der Waals surface area contributed by atoms with Gasteiger partial charge in [0, 0.05) is 17.6 Å². The van der Waals surface area contributed by atoms with Gasteiger partial charge in [-0.15, -0.1) is 11.3 Å². The maximum Gasteiger partial charge on any atom is 0.256 e. The second-order valence-corrected chi connectivity index (χ2v) is 5.00. The minimum atomic E-state index is -0.0498. The van der Waals surface area contributed by atoms with Gasteiger partial charge in [-0.3, -0.25) is 15.6 Å². The number of thiophene rings is 1. The lowest BCUT2D eigenvalue weighted by Gasteiger charge is -2.21. The molecular weight excluding hydrogens is 260 g/mol. The molecule has 0 aromatic carbocycles. The normalized spacial score (nSPS) is 10.2. The highest BCUT2D eigenvalue weighted by Crippen LogP contribution is 2.18. The largest absolute Gasteiger partial charge is 0.334 e. The van der Waals surface area contributed by atoms with Crippen molar-refractivity contribution in [3.05, 3.63) is 46.4 Å². The van der Waals surface area contributed by atoms with E-state index in [4.69, 9.17) is 5.84 Å². The fraction of sp³-hybridized carbons (Fsp3) is 0.231. The number of anilines is 1. The van der Waals surface area contributed by atoms with Gasteiger partial charge in [0.25, 0.3) is 5.91 Å². The van der Waals surface area contributed by atoms with Crippen LogP contribution < -0.4 is 11.3 Å². The number of rotatable bonds is 5. The van der Waals surface area contributed by atoms with Crippen LogP contribution in [0.2, 0.25) is 0 Å². The van der Waals surface area contributed by atoms with Crippen molar-refractivity contribution in [3.8, 4) is 0 Å². The van der Waals surface area contributed by atoms with Crippen molar-refractivity contribution in [2.75, 3.05) is 12.0 Å². The second kappa shape index (κ2) is 6.31. The molecule has 0 unspecified atom stereocenters. The molecule has 0 saturated carbocycles. The minimum Gasteiger partial charge on any atom is -0.334 e. The van der Waals surface area contributed by atoms with E-state index in [2.05, 4.69) is 10.4 Å². The number of nitrogens with two attached hydrogens (primary N) is 1. The summed E-state index contributed by atoms with van der Waals surface area (Å²) in [5, 5.41) is 2.01. The van der Waals surface area contributed by atoms with Crippen LogP contribution in [-0.4, -0.2) is 22.3 Å². The van der Waals surface area contributed by atoms with E-state index in [1.807, 2.05) is 24.4 Å². The van der Waals surface area contributed by atoms with Crippen molar-refractivity contribution in [3.63, 3.8) is 0 Å². The second-order valence-electron chi connectivity index (χ2n) is 3.96. The fourth-order valence-electron chi connectivity index (χ4n) is 1.78. The van der Waals surface area contributed by atoms with Crippen LogP contribution in [0.25, 0.3) is 0 Å². The van der Waals surface area contributed by atoms with E-state index >= 15 is 0 Å². The van der Waals surface area contributed by atoms with Gasteiger partial charge in [0.2, 0.25) is 0 Å². The Labute approximate surface area is 116 Å². The van der Waals surface area contributed by atoms with Crippen molar-refractivity contribution in [1.82, 2.24) is 9.88 Å². The number of hydrogen-bond acceptors (Lipinski definition) is 5. The average Bonchev–Trinajstić information content (AvgIpc) is 2.97. The zero-order valence-corrected chi connectivity index (χ0v) is 11.5. The van der Waals surface area contributed by atoms with E-state index in [0.717, 1.165) is 4.88 Å². The van der Waals surface area contributed by atoms with Crippen LogP contribution in [0, 0.1) is 0 Å². The lowest BCUT2D eigenvalue weighted by molar-refractivity contribution is 0.0755. The summed E-state index contributed by atoms with van der Waals surface area (Å²) < 4.78 is 0. The molecule has 0 spiro atoms. The monoisotopic (exact) mass is 276 g/mol. The first-order chi connectivity index (χ1) is 9.26. The number of carbonyl (C=O) groups excluding carboxylic acids is 1. The molecule has 19 heavy (non-hydrogen) atoms. The van der Waals surface area contributed by atoms with E-state index in [1.54, 1.807) is 34.7 Å². The number of hydrogen-bond donors (Lipinski definition) is 2. The lowest BCUT2D eigenvalue weighted by atomic mass is 10.2. The molecule has 0 fully saturated rings. The molecule has 0 atom stereocenters. The third-order valence-corrected chi connectivity index (χ3v) is 3.66. The molecule has 0 radical (unpaired) electrons. The molecule has 0 saturated heterocycles. The molecular formula is C13H16N4OS. The highest BCUT2D eigenvalue weighted by molar-refractivity contribution is 7.09. The van der Waals surface area contributed by atoms with Crippen LogP contribution >= 0.6 is 11.3 Å². The summed E-state index contributed by atoms with van der Waals surface area (Å²) in [5.74, 6) is 5.36. The molecule has 100 valence electrons. The predicted molar refractivity (Wildman–Crippen MR) is 76.8 cm³/mol. The molecule has 0 aliphatic carbocycles. The van der Waals surface area contributed by atoms with Crippen LogP contribution in [0.15, 0.2) is 36.0 Å². The quantitative estimate of drug-likeness (QED) is 0.648. The lowest BCUT2D eigenvalue weighted by Crippen LogP contribution is -2.31. The highest BCUT2D eigenvalue weighted by Gasteiger charge is 2.17. The van der Waals surface area contributed by atoms with Gasteiger partial charge in [-0.25, -0.2) is 0 Å². The molecule has 2 aromatic heterocycles. The Bertz CT molecular complexity index is 541. The van der Waals surface area contributed by atoms with E-state index < -0.39 is 0 Å². The molecule has 5 nitrogen and oxygen atoms in total. The van der Waals surface area contributed by atoms with E-state index in [9.17, 15) is 4.79 Å². The van der Waals surface area contributed by atoms with Crippen LogP contribution in [0.5, 0.6) is 0 Å². The Balaban J connectivity index is 2.20. The Morgan fingerprint density at radius 2 is 2.37 bits per heavy atom. The van der Waals surface area contributed by atoms with Gasteiger partial charge in [-0.1, -0.05) is 6.07 Å². The summed E-state index contributed by atoms with van der Waals surface area (Å²) >= 11 is 1.64. The Kier molecular flexibility index (Phi) is 4.48. The molecule has 0 aliphatic heterocycles. The molecule has 3 N–H and O–H groups in total. The van der Waals surface area contributed by atoms with Gasteiger partial charge < -0.3 is 10.3 Å². The van der Waals surface area contributed by atoms with Crippen molar-refractivity contribution in [2.45, 2.75) is 13.5 Å². The average molecular weight is 276 g/mol. The third-order valence-electron chi connectivity index (χ3n) is 2.80. The molecule has 6 heteroatoms. The van der Waals surface area contributed by atoms with E-state index in [1.165, 1.54) is 0 Å². The Hall–Kier alpha value is -1.92. The van der Waals surface area contributed by atoms with Crippen molar-refractivity contribution < 1.29 is 4.79 Å². The van der Waals surface area contributed by atoms with Crippen molar-refractivity contribution >= 4 is 22.9 Å². The number of nitrogen functional groups attached to an aromatic ring is 1. The maximum atomic E-state index is 12.5. The summed E-state index contributed by atoms with van der Waals surface area (Å²) in [7, 11) is 0. The first-order valence-electron chi connectivity index (χ1n) is 5.98. The first kappa shape index (κ1) is 13.5. The Morgan fingerprint density at radius 1 is 1.53 bits per heavy atom. The van der Waals surface area contributed by atoms with Gasteiger partial charge in [-0.2, -0.15) is 0 Å². The van der Waals surface area contributed by atoms with E-state index in [0.29, 0.717) is 24.3 Å². The maximum absolute atomic E-state index is 12.5. The standard InChI is InChI=1S/C13H16N4OS/c1-2-17(9-10-4-3-7-19-10)13(18)11-5-6-15-8-12(11)16-14/h3-8,16H,2,9,14H2,1H3. The third kappa shape index (κ3) is 3.10. The van der Waals surface area contributed by atoms with Gasteiger partial charge in [0.05, 0.1) is 24.0 Å². The highest BCUT2D eigenvalue weighted by atomic mass is 32.1. The molecule has 0 aliphatic rings. The van der Waals surface area contributed by atoms with Crippen molar-refractivity contribution in [1.29, 1.82) is 0 Å².